The molecule has 0 N–H and O–H groups in total. The SMILES string of the molecule is Cc1ccc2c(c1)c1cnccc1n2-c1cccc(-n2c3ccncc3c3cc(C)ccc32)c1. The molecule has 162 valence electrons. The lowest BCUT2D eigenvalue weighted by Gasteiger charge is -2.12. The maximum Gasteiger partial charge on any atom is 0.0571 e. The van der Waals surface area contributed by atoms with Crippen LogP contribution in [0.25, 0.3) is 55.0 Å². The minimum absolute atomic E-state index is 1.13. The highest BCUT2D eigenvalue weighted by Crippen LogP contribution is 2.35. The standard InChI is InChI=1S/C30H22N4/c1-19-6-8-27-23(14-19)25-17-31-12-10-29(25)33(27)21-4-3-5-22(16-21)34-28-9-7-20(2)15-24(28)26-18-32-13-11-30(26)34/h3-18H,1-2H3. The third kappa shape index (κ3) is 2.66. The normalized spacial score (nSPS) is 11.8. The second kappa shape index (κ2) is 7.03. The minimum Gasteiger partial charge on any atom is -0.309 e. The monoisotopic (exact) mass is 438 g/mol. The van der Waals surface area contributed by atoms with Gasteiger partial charge in [-0.15, -0.1) is 0 Å². The van der Waals surface area contributed by atoms with Gasteiger partial charge in [0.2, 0.25) is 0 Å². The highest BCUT2D eigenvalue weighted by Gasteiger charge is 2.15. The number of benzene rings is 3. The third-order valence-corrected chi connectivity index (χ3v) is 6.79. The van der Waals surface area contributed by atoms with Gasteiger partial charge in [0.15, 0.2) is 0 Å². The summed E-state index contributed by atoms with van der Waals surface area (Å²) in [6.45, 7) is 4.27. The molecule has 0 aliphatic heterocycles. The molecular weight excluding hydrogens is 416 g/mol. The number of fused-ring (bicyclic) bond motifs is 6. The van der Waals surface area contributed by atoms with E-state index in [2.05, 4.69) is 106 Å². The summed E-state index contributed by atoms with van der Waals surface area (Å²) in [6.07, 6.45) is 7.69. The van der Waals surface area contributed by atoms with Gasteiger partial charge in [0, 0.05) is 57.7 Å². The second-order valence-corrected chi connectivity index (χ2v) is 9.02. The largest absolute Gasteiger partial charge is 0.309 e. The third-order valence-electron chi connectivity index (χ3n) is 6.79. The molecule has 0 atom stereocenters. The highest BCUT2D eigenvalue weighted by molar-refractivity contribution is 6.10. The van der Waals surface area contributed by atoms with Crippen LogP contribution in [0.2, 0.25) is 0 Å². The average molecular weight is 439 g/mol. The van der Waals surface area contributed by atoms with Crippen LogP contribution < -0.4 is 0 Å². The topological polar surface area (TPSA) is 35.6 Å². The molecule has 4 heterocycles. The molecular formula is C30H22N4. The van der Waals surface area contributed by atoms with E-state index in [4.69, 9.17) is 0 Å². The maximum absolute atomic E-state index is 4.41. The summed E-state index contributed by atoms with van der Waals surface area (Å²) in [5.41, 5.74) is 9.45. The lowest BCUT2D eigenvalue weighted by Crippen LogP contribution is -1.98. The summed E-state index contributed by atoms with van der Waals surface area (Å²) in [5, 5.41) is 4.80. The number of nitrogens with zero attached hydrogens (tertiary/aromatic N) is 4. The molecule has 3 aromatic carbocycles. The molecule has 0 spiro atoms. The molecule has 4 nitrogen and oxygen atoms in total. The summed E-state index contributed by atoms with van der Waals surface area (Å²) < 4.78 is 4.68. The fourth-order valence-corrected chi connectivity index (χ4v) is 5.29. The van der Waals surface area contributed by atoms with E-state index in [1.54, 1.807) is 0 Å². The summed E-state index contributed by atoms with van der Waals surface area (Å²) in [5.74, 6) is 0. The van der Waals surface area contributed by atoms with Crippen LogP contribution in [0.15, 0.2) is 97.6 Å². The molecule has 0 aliphatic carbocycles. The number of hydrogen-bond acceptors (Lipinski definition) is 2. The van der Waals surface area contributed by atoms with E-state index in [0.29, 0.717) is 0 Å². The Labute approximate surface area is 196 Å². The Morgan fingerprint density at radius 2 is 0.971 bits per heavy atom. The summed E-state index contributed by atoms with van der Waals surface area (Å²) >= 11 is 0. The Hall–Kier alpha value is -4.44. The molecule has 0 saturated heterocycles. The first-order valence-electron chi connectivity index (χ1n) is 11.5. The van der Waals surface area contributed by atoms with Crippen molar-refractivity contribution in [2.24, 2.45) is 0 Å². The van der Waals surface area contributed by atoms with Crippen LogP contribution in [-0.2, 0) is 0 Å². The molecule has 0 saturated carbocycles. The quantitative estimate of drug-likeness (QED) is 0.284. The van der Waals surface area contributed by atoms with Gasteiger partial charge in [0.25, 0.3) is 0 Å². The van der Waals surface area contributed by atoms with Crippen LogP contribution in [-0.4, -0.2) is 19.1 Å². The Morgan fingerprint density at radius 3 is 1.47 bits per heavy atom. The van der Waals surface area contributed by atoms with Crippen LogP contribution in [0.4, 0.5) is 0 Å². The number of hydrogen-bond donors (Lipinski definition) is 0. The zero-order valence-electron chi connectivity index (χ0n) is 19.0. The van der Waals surface area contributed by atoms with Gasteiger partial charge in [0.1, 0.15) is 0 Å². The van der Waals surface area contributed by atoms with Gasteiger partial charge in [-0.05, 0) is 68.4 Å². The van der Waals surface area contributed by atoms with E-state index in [1.165, 1.54) is 43.7 Å². The van der Waals surface area contributed by atoms with Crippen molar-refractivity contribution in [1.82, 2.24) is 19.1 Å². The first kappa shape index (κ1) is 19.1. The van der Waals surface area contributed by atoms with E-state index < -0.39 is 0 Å². The summed E-state index contributed by atoms with van der Waals surface area (Å²) in [4.78, 5) is 8.82. The Bertz CT molecular complexity index is 1750. The summed E-state index contributed by atoms with van der Waals surface area (Å²) in [7, 11) is 0. The second-order valence-electron chi connectivity index (χ2n) is 9.02. The van der Waals surface area contributed by atoms with E-state index in [9.17, 15) is 0 Å². The lowest BCUT2D eigenvalue weighted by atomic mass is 10.1. The van der Waals surface area contributed by atoms with Crippen molar-refractivity contribution in [3.63, 3.8) is 0 Å². The van der Waals surface area contributed by atoms with Crippen LogP contribution >= 0.6 is 0 Å². The first-order chi connectivity index (χ1) is 16.7. The van der Waals surface area contributed by atoms with Crippen molar-refractivity contribution in [2.75, 3.05) is 0 Å². The summed E-state index contributed by atoms with van der Waals surface area (Å²) in [6, 6.07) is 26.3. The molecule has 0 fully saturated rings. The smallest absolute Gasteiger partial charge is 0.0571 e. The maximum atomic E-state index is 4.41. The van der Waals surface area contributed by atoms with Crippen LogP contribution in [0, 0.1) is 13.8 Å². The van der Waals surface area contributed by atoms with Crippen LogP contribution in [0.5, 0.6) is 0 Å². The molecule has 0 unspecified atom stereocenters. The molecule has 0 radical (unpaired) electrons. The van der Waals surface area contributed by atoms with Crippen LogP contribution in [0.3, 0.4) is 0 Å². The Kier molecular flexibility index (Phi) is 3.94. The number of aryl methyl sites for hydroxylation is 2. The molecule has 0 amide bonds. The number of pyridine rings is 2. The molecule has 7 aromatic rings. The molecule has 4 heteroatoms. The number of rotatable bonds is 2. The van der Waals surface area contributed by atoms with Crippen molar-refractivity contribution in [1.29, 1.82) is 0 Å². The van der Waals surface area contributed by atoms with Gasteiger partial charge in [-0.3, -0.25) is 9.97 Å². The van der Waals surface area contributed by atoms with Crippen molar-refractivity contribution in [2.45, 2.75) is 13.8 Å². The highest BCUT2D eigenvalue weighted by atomic mass is 15.0. The van der Waals surface area contributed by atoms with E-state index in [0.717, 1.165) is 22.4 Å². The molecule has 4 aromatic heterocycles. The average Bonchev–Trinajstić information content (AvgIpc) is 3.36. The minimum atomic E-state index is 1.13. The zero-order chi connectivity index (χ0) is 22.8. The van der Waals surface area contributed by atoms with Crippen molar-refractivity contribution < 1.29 is 0 Å². The van der Waals surface area contributed by atoms with Gasteiger partial charge in [-0.25, -0.2) is 0 Å². The Morgan fingerprint density at radius 1 is 0.500 bits per heavy atom. The predicted octanol–water partition coefficient (Wildman–Crippen LogP) is 7.29. The van der Waals surface area contributed by atoms with Gasteiger partial charge in [-0.1, -0.05) is 29.3 Å². The molecule has 7 rings (SSSR count). The molecule has 34 heavy (non-hydrogen) atoms. The fraction of sp³-hybridized carbons (Fsp3) is 0.0667. The first-order valence-corrected chi connectivity index (χ1v) is 11.5. The van der Waals surface area contributed by atoms with E-state index in [-0.39, 0.29) is 0 Å². The van der Waals surface area contributed by atoms with Crippen molar-refractivity contribution >= 4 is 43.6 Å². The van der Waals surface area contributed by atoms with Crippen molar-refractivity contribution in [3.8, 4) is 11.4 Å². The molecule has 0 bridgehead atoms. The van der Waals surface area contributed by atoms with Crippen LogP contribution in [0.1, 0.15) is 11.1 Å². The zero-order valence-corrected chi connectivity index (χ0v) is 19.0. The fourth-order valence-electron chi connectivity index (χ4n) is 5.29. The van der Waals surface area contributed by atoms with Gasteiger partial charge >= 0.3 is 0 Å². The van der Waals surface area contributed by atoms with E-state index in [1.807, 2.05) is 24.8 Å². The Balaban J connectivity index is 1.54. The van der Waals surface area contributed by atoms with E-state index >= 15 is 0 Å². The lowest BCUT2D eigenvalue weighted by molar-refractivity contribution is 1.13. The predicted molar refractivity (Wildman–Crippen MR) is 140 cm³/mol. The van der Waals surface area contributed by atoms with Crippen molar-refractivity contribution in [3.05, 3.63) is 109 Å². The van der Waals surface area contributed by atoms with Gasteiger partial charge < -0.3 is 9.13 Å². The van der Waals surface area contributed by atoms with Gasteiger partial charge in [-0.2, -0.15) is 0 Å². The van der Waals surface area contributed by atoms with Gasteiger partial charge in [0.05, 0.1) is 22.1 Å². The molecule has 0 aliphatic rings. The number of aromatic nitrogens is 4.